The van der Waals surface area contributed by atoms with Gasteiger partial charge in [0.25, 0.3) is 0 Å². The van der Waals surface area contributed by atoms with Gasteiger partial charge in [-0.2, -0.15) is 0 Å². The fourth-order valence-corrected chi connectivity index (χ4v) is 2.06. The molecule has 2 aromatic heterocycles. The van der Waals surface area contributed by atoms with Crippen molar-refractivity contribution in [2.75, 3.05) is 11.4 Å². The monoisotopic (exact) mass is 259 g/mol. The molecule has 0 saturated heterocycles. The number of oxime groups is 1. The normalized spacial score (nSPS) is 15.4. The molecule has 3 N–H and O–H groups in total. The fraction of sp³-hybridized carbons (Fsp3) is 0.273. The van der Waals surface area contributed by atoms with E-state index >= 15 is 0 Å². The fourth-order valence-electron chi connectivity index (χ4n) is 2.06. The van der Waals surface area contributed by atoms with Crippen molar-refractivity contribution in [3.8, 4) is 0 Å². The number of hydrogen-bond acceptors (Lipinski definition) is 6. The minimum Gasteiger partial charge on any atom is -0.409 e. The van der Waals surface area contributed by atoms with Crippen molar-refractivity contribution < 1.29 is 5.21 Å². The molecule has 0 radical (unpaired) electrons. The summed E-state index contributed by atoms with van der Waals surface area (Å²) >= 11 is 0. The van der Waals surface area contributed by atoms with Crippen LogP contribution in [0.5, 0.6) is 0 Å². The SMILES string of the molecule is NC(=NO)c1cccc(N2CCn3cnnc3C2)n1. The number of nitrogens with zero attached hydrogens (tertiary/aromatic N) is 6. The van der Waals surface area contributed by atoms with Crippen molar-refractivity contribution in [1.82, 2.24) is 19.7 Å². The first-order valence-electron chi connectivity index (χ1n) is 5.84. The Morgan fingerprint density at radius 1 is 1.37 bits per heavy atom. The van der Waals surface area contributed by atoms with Crippen molar-refractivity contribution in [3.05, 3.63) is 36.0 Å². The number of pyridine rings is 1. The van der Waals surface area contributed by atoms with Gasteiger partial charge < -0.3 is 20.4 Å². The third kappa shape index (κ3) is 2.07. The highest BCUT2D eigenvalue weighted by Gasteiger charge is 2.19. The zero-order valence-electron chi connectivity index (χ0n) is 10.1. The smallest absolute Gasteiger partial charge is 0.188 e. The Morgan fingerprint density at radius 2 is 2.26 bits per heavy atom. The number of fused-ring (bicyclic) bond motifs is 1. The Morgan fingerprint density at radius 3 is 3.11 bits per heavy atom. The maximum Gasteiger partial charge on any atom is 0.188 e. The van der Waals surface area contributed by atoms with Crippen molar-refractivity contribution in [3.63, 3.8) is 0 Å². The molecule has 0 saturated carbocycles. The van der Waals surface area contributed by atoms with Crippen molar-refractivity contribution in [2.45, 2.75) is 13.1 Å². The molecule has 0 atom stereocenters. The summed E-state index contributed by atoms with van der Waals surface area (Å²) in [7, 11) is 0. The minimum absolute atomic E-state index is 0.00188. The Labute approximate surface area is 109 Å². The van der Waals surface area contributed by atoms with Crippen LogP contribution in [0.4, 0.5) is 5.82 Å². The molecule has 3 heterocycles. The Kier molecular flexibility index (Phi) is 2.75. The van der Waals surface area contributed by atoms with E-state index in [-0.39, 0.29) is 5.84 Å². The maximum atomic E-state index is 8.68. The van der Waals surface area contributed by atoms with Crippen LogP contribution in [0, 0.1) is 0 Å². The lowest BCUT2D eigenvalue weighted by molar-refractivity contribution is 0.318. The van der Waals surface area contributed by atoms with Gasteiger partial charge in [0.05, 0.1) is 6.54 Å². The predicted molar refractivity (Wildman–Crippen MR) is 67.8 cm³/mol. The van der Waals surface area contributed by atoms with Gasteiger partial charge in [-0.05, 0) is 12.1 Å². The second-order valence-electron chi connectivity index (χ2n) is 4.23. The first kappa shape index (κ1) is 11.5. The Hall–Kier alpha value is -2.64. The number of anilines is 1. The number of hydrogen-bond donors (Lipinski definition) is 2. The molecule has 0 aromatic carbocycles. The second-order valence-corrected chi connectivity index (χ2v) is 4.23. The van der Waals surface area contributed by atoms with Crippen molar-refractivity contribution in [2.24, 2.45) is 10.9 Å². The molecule has 8 nitrogen and oxygen atoms in total. The van der Waals surface area contributed by atoms with Crippen molar-refractivity contribution >= 4 is 11.7 Å². The Bertz CT molecular complexity index is 621. The van der Waals surface area contributed by atoms with E-state index in [2.05, 4.69) is 25.2 Å². The van der Waals surface area contributed by atoms with E-state index in [1.807, 2.05) is 16.7 Å². The largest absolute Gasteiger partial charge is 0.409 e. The van der Waals surface area contributed by atoms with Gasteiger partial charge in [0, 0.05) is 13.1 Å². The van der Waals surface area contributed by atoms with Gasteiger partial charge >= 0.3 is 0 Å². The summed E-state index contributed by atoms with van der Waals surface area (Å²) in [6, 6.07) is 5.42. The maximum absolute atomic E-state index is 8.68. The van der Waals surface area contributed by atoms with Gasteiger partial charge in [-0.15, -0.1) is 10.2 Å². The van der Waals surface area contributed by atoms with E-state index in [0.29, 0.717) is 12.2 Å². The summed E-state index contributed by atoms with van der Waals surface area (Å²) in [6.07, 6.45) is 1.73. The highest BCUT2D eigenvalue weighted by molar-refractivity contribution is 5.95. The summed E-state index contributed by atoms with van der Waals surface area (Å²) in [5.41, 5.74) is 6.00. The number of rotatable bonds is 2. The van der Waals surface area contributed by atoms with E-state index in [1.165, 1.54) is 0 Å². The standard InChI is InChI=1S/C11H13N7O/c12-11(16-19)8-2-1-3-9(14-8)17-4-5-18-7-13-15-10(18)6-17/h1-3,7,19H,4-6H2,(H2,12,16). The summed E-state index contributed by atoms with van der Waals surface area (Å²) in [5.74, 6) is 1.68. The van der Waals surface area contributed by atoms with Crippen LogP contribution in [0.3, 0.4) is 0 Å². The van der Waals surface area contributed by atoms with Crippen LogP contribution in [-0.4, -0.2) is 37.3 Å². The lowest BCUT2D eigenvalue weighted by atomic mass is 10.3. The van der Waals surface area contributed by atoms with Crippen LogP contribution in [0.15, 0.2) is 29.7 Å². The van der Waals surface area contributed by atoms with Gasteiger partial charge in [-0.1, -0.05) is 11.2 Å². The van der Waals surface area contributed by atoms with E-state index in [0.717, 1.165) is 24.7 Å². The van der Waals surface area contributed by atoms with Crippen molar-refractivity contribution in [1.29, 1.82) is 0 Å². The molecule has 0 aliphatic carbocycles. The molecule has 19 heavy (non-hydrogen) atoms. The van der Waals surface area contributed by atoms with Crippen LogP contribution in [0.25, 0.3) is 0 Å². The van der Waals surface area contributed by atoms with Gasteiger partial charge in [-0.3, -0.25) is 0 Å². The molecular formula is C11H13N7O. The predicted octanol–water partition coefficient (Wildman–Crippen LogP) is -0.212. The lowest BCUT2D eigenvalue weighted by Crippen LogP contribution is -2.34. The first-order valence-corrected chi connectivity index (χ1v) is 5.84. The highest BCUT2D eigenvalue weighted by atomic mass is 16.4. The van der Waals surface area contributed by atoms with Crippen LogP contribution < -0.4 is 10.6 Å². The third-order valence-electron chi connectivity index (χ3n) is 3.07. The quantitative estimate of drug-likeness (QED) is 0.334. The summed E-state index contributed by atoms with van der Waals surface area (Å²) in [4.78, 5) is 6.46. The number of amidine groups is 1. The molecule has 0 spiro atoms. The molecule has 0 bridgehead atoms. The van der Waals surface area contributed by atoms with Crippen LogP contribution in [0.1, 0.15) is 11.5 Å². The van der Waals surface area contributed by atoms with E-state index in [4.69, 9.17) is 10.9 Å². The minimum atomic E-state index is 0.00188. The van der Waals surface area contributed by atoms with Crippen LogP contribution in [0.2, 0.25) is 0 Å². The Balaban J connectivity index is 1.88. The van der Waals surface area contributed by atoms with Gasteiger partial charge in [-0.25, -0.2) is 4.98 Å². The van der Waals surface area contributed by atoms with Gasteiger partial charge in [0.2, 0.25) is 0 Å². The zero-order chi connectivity index (χ0) is 13.2. The summed E-state index contributed by atoms with van der Waals surface area (Å²) in [5, 5.41) is 19.6. The molecule has 3 rings (SSSR count). The topological polar surface area (TPSA) is 105 Å². The molecule has 1 aliphatic rings. The second kappa shape index (κ2) is 4.56. The number of nitrogens with two attached hydrogens (primary N) is 1. The molecular weight excluding hydrogens is 246 g/mol. The average molecular weight is 259 g/mol. The molecule has 2 aromatic rings. The lowest BCUT2D eigenvalue weighted by Gasteiger charge is -2.28. The van der Waals surface area contributed by atoms with Gasteiger partial charge in [0.1, 0.15) is 17.8 Å². The van der Waals surface area contributed by atoms with Crippen LogP contribution in [-0.2, 0) is 13.1 Å². The van der Waals surface area contributed by atoms with E-state index < -0.39 is 0 Å². The number of aromatic nitrogens is 4. The zero-order valence-corrected chi connectivity index (χ0v) is 10.1. The van der Waals surface area contributed by atoms with E-state index in [9.17, 15) is 0 Å². The highest BCUT2D eigenvalue weighted by Crippen LogP contribution is 2.17. The molecule has 0 fully saturated rings. The molecule has 8 heteroatoms. The first-order chi connectivity index (χ1) is 9.28. The summed E-state index contributed by atoms with van der Waals surface area (Å²) < 4.78 is 2.02. The van der Waals surface area contributed by atoms with Gasteiger partial charge in [0.15, 0.2) is 11.7 Å². The average Bonchev–Trinajstić information content (AvgIpc) is 2.94. The molecule has 98 valence electrons. The van der Waals surface area contributed by atoms with E-state index in [1.54, 1.807) is 12.4 Å². The molecule has 0 amide bonds. The third-order valence-corrected chi connectivity index (χ3v) is 3.07. The molecule has 1 aliphatic heterocycles. The molecule has 0 unspecified atom stereocenters. The summed E-state index contributed by atoms with van der Waals surface area (Å²) in [6.45, 7) is 2.28. The van der Waals surface area contributed by atoms with Crippen LogP contribution >= 0.6 is 0 Å².